The number of hydrogen-bond donors (Lipinski definition) is 1. The first kappa shape index (κ1) is 16.1. The number of aryl methyl sites for hydroxylation is 1. The molecule has 0 aromatic heterocycles. The van der Waals surface area contributed by atoms with Crippen LogP contribution in [0, 0.1) is 0 Å². The Bertz CT molecular complexity index is 770. The average Bonchev–Trinajstić information content (AvgIpc) is 2.48. The minimum Gasteiger partial charge on any atom is -0.507 e. The van der Waals surface area contributed by atoms with Crippen LogP contribution in [0.5, 0.6) is 11.5 Å². The molecule has 120 valence electrons. The summed E-state index contributed by atoms with van der Waals surface area (Å²) >= 11 is 3.51. The number of hydrogen-bond acceptors (Lipinski definition) is 2. The van der Waals surface area contributed by atoms with Crippen molar-refractivity contribution in [3.63, 3.8) is 0 Å². The van der Waals surface area contributed by atoms with Gasteiger partial charge in [0.2, 0.25) is 0 Å². The van der Waals surface area contributed by atoms with Crippen molar-refractivity contribution < 1.29 is 9.84 Å². The van der Waals surface area contributed by atoms with Crippen LogP contribution >= 0.6 is 15.9 Å². The number of phenolic OH excluding ortho intramolecular Hbond substituents is 1. The van der Waals surface area contributed by atoms with Crippen molar-refractivity contribution in [1.29, 1.82) is 0 Å². The molecule has 2 aromatic rings. The molecule has 1 aliphatic rings. The van der Waals surface area contributed by atoms with Gasteiger partial charge in [-0.25, -0.2) is 0 Å². The molecule has 0 saturated carbocycles. The quantitative estimate of drug-likeness (QED) is 0.731. The van der Waals surface area contributed by atoms with Crippen molar-refractivity contribution in [2.75, 3.05) is 0 Å². The molecule has 1 aliphatic carbocycles. The van der Waals surface area contributed by atoms with Crippen LogP contribution in [0.2, 0.25) is 0 Å². The Morgan fingerprint density at radius 3 is 2.61 bits per heavy atom. The molecule has 0 heterocycles. The molecule has 0 aliphatic heterocycles. The maximum absolute atomic E-state index is 9.96. The third-order valence-electron chi connectivity index (χ3n) is 3.82. The number of benzene rings is 2. The third kappa shape index (κ3) is 3.45. The smallest absolute Gasteiger partial charge is 0.130 e. The molecule has 3 rings (SSSR count). The highest BCUT2D eigenvalue weighted by Crippen LogP contribution is 2.39. The first-order chi connectivity index (χ1) is 10.8. The molecule has 0 amide bonds. The van der Waals surface area contributed by atoms with E-state index in [9.17, 15) is 5.11 Å². The molecular formula is C20H21BrO2. The molecule has 0 saturated heterocycles. The monoisotopic (exact) mass is 372 g/mol. The topological polar surface area (TPSA) is 29.5 Å². The van der Waals surface area contributed by atoms with Gasteiger partial charge in [-0.05, 0) is 90.0 Å². The van der Waals surface area contributed by atoms with Gasteiger partial charge in [0.15, 0.2) is 0 Å². The summed E-state index contributed by atoms with van der Waals surface area (Å²) in [6.45, 7) is 6.17. The number of halogens is 1. The highest BCUT2D eigenvalue weighted by atomic mass is 79.9. The van der Waals surface area contributed by atoms with Gasteiger partial charge in [0.1, 0.15) is 17.1 Å². The predicted octanol–water partition coefficient (Wildman–Crippen LogP) is 5.71. The van der Waals surface area contributed by atoms with Gasteiger partial charge in [0.05, 0.1) is 4.47 Å². The second-order valence-corrected chi connectivity index (χ2v) is 7.62. The second kappa shape index (κ2) is 6.04. The van der Waals surface area contributed by atoms with E-state index in [1.54, 1.807) is 6.07 Å². The molecule has 0 bridgehead atoms. The summed E-state index contributed by atoms with van der Waals surface area (Å²) in [6, 6.07) is 11.9. The zero-order valence-electron chi connectivity index (χ0n) is 13.7. The van der Waals surface area contributed by atoms with Crippen LogP contribution in [0.15, 0.2) is 46.9 Å². The van der Waals surface area contributed by atoms with Gasteiger partial charge in [-0.3, -0.25) is 0 Å². The fraction of sp³-hybridized carbons (Fsp3) is 0.300. The van der Waals surface area contributed by atoms with Crippen LogP contribution in [-0.2, 0) is 6.42 Å². The molecule has 0 spiro atoms. The van der Waals surface area contributed by atoms with Gasteiger partial charge >= 0.3 is 0 Å². The van der Waals surface area contributed by atoms with E-state index in [1.165, 1.54) is 11.1 Å². The molecule has 3 heteroatoms. The number of fused-ring (bicyclic) bond motifs is 1. The summed E-state index contributed by atoms with van der Waals surface area (Å²) in [7, 11) is 0. The van der Waals surface area contributed by atoms with E-state index in [0.29, 0.717) is 0 Å². The maximum atomic E-state index is 9.96. The summed E-state index contributed by atoms with van der Waals surface area (Å²) in [5.74, 6) is 1.18. The lowest BCUT2D eigenvalue weighted by atomic mass is 9.87. The Labute approximate surface area is 145 Å². The molecule has 2 aromatic carbocycles. The lowest BCUT2D eigenvalue weighted by Gasteiger charge is -2.24. The first-order valence-corrected chi connectivity index (χ1v) is 8.65. The largest absolute Gasteiger partial charge is 0.507 e. The van der Waals surface area contributed by atoms with Crippen LogP contribution in [0.25, 0.3) is 5.57 Å². The molecule has 0 radical (unpaired) electrons. The zero-order valence-corrected chi connectivity index (χ0v) is 15.3. The maximum Gasteiger partial charge on any atom is 0.130 e. The van der Waals surface area contributed by atoms with E-state index in [2.05, 4.69) is 54.9 Å². The Hall–Kier alpha value is -1.74. The highest BCUT2D eigenvalue weighted by molar-refractivity contribution is 9.10. The average molecular weight is 373 g/mol. The van der Waals surface area contributed by atoms with Crippen molar-refractivity contribution in [3.05, 3.63) is 63.6 Å². The predicted molar refractivity (Wildman–Crippen MR) is 98.0 cm³/mol. The fourth-order valence-electron chi connectivity index (χ4n) is 2.92. The van der Waals surface area contributed by atoms with E-state index in [0.717, 1.165) is 34.2 Å². The molecule has 2 nitrogen and oxygen atoms in total. The van der Waals surface area contributed by atoms with E-state index in [1.807, 2.05) is 18.2 Å². The minimum absolute atomic E-state index is 0.199. The Morgan fingerprint density at radius 1 is 1.09 bits per heavy atom. The third-order valence-corrected chi connectivity index (χ3v) is 4.65. The molecule has 0 unspecified atom stereocenters. The van der Waals surface area contributed by atoms with Gasteiger partial charge in [-0.2, -0.15) is 0 Å². The van der Waals surface area contributed by atoms with Crippen molar-refractivity contribution in [1.82, 2.24) is 0 Å². The Morgan fingerprint density at radius 2 is 1.87 bits per heavy atom. The first-order valence-electron chi connectivity index (χ1n) is 7.85. The minimum atomic E-state index is -0.199. The van der Waals surface area contributed by atoms with E-state index in [-0.39, 0.29) is 11.4 Å². The van der Waals surface area contributed by atoms with Gasteiger partial charge in [0.25, 0.3) is 0 Å². The summed E-state index contributed by atoms with van der Waals surface area (Å²) < 4.78 is 6.73. The van der Waals surface area contributed by atoms with E-state index >= 15 is 0 Å². The Balaban J connectivity index is 2.02. The second-order valence-electron chi connectivity index (χ2n) is 6.83. The lowest BCUT2D eigenvalue weighted by Crippen LogP contribution is -2.23. The summed E-state index contributed by atoms with van der Waals surface area (Å²) in [6.07, 6.45) is 4.24. The van der Waals surface area contributed by atoms with Crippen LogP contribution in [0.3, 0.4) is 0 Å². The van der Waals surface area contributed by atoms with Crippen LogP contribution < -0.4 is 4.74 Å². The molecular weight excluding hydrogens is 352 g/mol. The number of ether oxygens (including phenoxy) is 1. The summed E-state index contributed by atoms with van der Waals surface area (Å²) in [5.41, 5.74) is 4.49. The summed E-state index contributed by atoms with van der Waals surface area (Å²) in [5, 5.41) is 9.96. The zero-order chi connectivity index (χ0) is 16.6. The van der Waals surface area contributed by atoms with Gasteiger partial charge in [-0.1, -0.05) is 24.3 Å². The molecule has 23 heavy (non-hydrogen) atoms. The molecule has 0 atom stereocenters. The lowest BCUT2D eigenvalue weighted by molar-refractivity contribution is 0.131. The standard InChI is InChI=1S/C20H21BrO2/c1-20(2,3)23-14-10-11-15-13(12-14)6-4-7-16(15)17-8-5-9-18(22)19(17)21/h5,7-12,22H,4,6H2,1-3H3. The van der Waals surface area contributed by atoms with E-state index in [4.69, 9.17) is 4.74 Å². The van der Waals surface area contributed by atoms with Crippen molar-refractivity contribution in [3.8, 4) is 11.5 Å². The number of rotatable bonds is 2. The Kier molecular flexibility index (Phi) is 4.24. The van der Waals surface area contributed by atoms with Crippen LogP contribution in [0.1, 0.15) is 43.9 Å². The van der Waals surface area contributed by atoms with Gasteiger partial charge < -0.3 is 9.84 Å². The number of allylic oxidation sites excluding steroid dienone is 1. The molecule has 1 N–H and O–H groups in total. The molecule has 0 fully saturated rings. The van der Waals surface area contributed by atoms with Crippen molar-refractivity contribution in [2.45, 2.75) is 39.2 Å². The van der Waals surface area contributed by atoms with Crippen molar-refractivity contribution in [2.24, 2.45) is 0 Å². The SMILES string of the molecule is CC(C)(C)Oc1ccc2c(c1)CCC=C2c1cccc(O)c1Br. The van der Waals surface area contributed by atoms with Crippen LogP contribution in [-0.4, -0.2) is 10.7 Å². The summed E-state index contributed by atoms with van der Waals surface area (Å²) in [4.78, 5) is 0. The number of phenols is 1. The van der Waals surface area contributed by atoms with Crippen molar-refractivity contribution >= 4 is 21.5 Å². The fourth-order valence-corrected chi connectivity index (χ4v) is 3.40. The van der Waals surface area contributed by atoms with Gasteiger partial charge in [0, 0.05) is 0 Å². The normalized spacial score (nSPS) is 14.2. The number of aromatic hydroxyl groups is 1. The highest BCUT2D eigenvalue weighted by Gasteiger charge is 2.19. The van der Waals surface area contributed by atoms with Gasteiger partial charge in [-0.15, -0.1) is 0 Å². The van der Waals surface area contributed by atoms with Crippen LogP contribution in [0.4, 0.5) is 0 Å². The van der Waals surface area contributed by atoms with E-state index < -0.39 is 0 Å².